The molecule has 0 radical (unpaired) electrons. The lowest BCUT2D eigenvalue weighted by molar-refractivity contribution is -0.148. The number of ether oxygens (including phenoxy) is 1. The van der Waals surface area contributed by atoms with Crippen molar-refractivity contribution in [3.63, 3.8) is 0 Å². The Labute approximate surface area is 158 Å². The lowest BCUT2D eigenvalue weighted by Crippen LogP contribution is -2.52. The third-order valence-corrected chi connectivity index (χ3v) is 5.10. The second kappa shape index (κ2) is 7.31. The van der Waals surface area contributed by atoms with Gasteiger partial charge in [0.05, 0.1) is 16.7 Å². The average molecular weight is 375 g/mol. The molecule has 7 heteroatoms. The number of allylic oxidation sites excluding steroid dienone is 2. The Morgan fingerprint density at radius 3 is 2.56 bits per heavy atom. The van der Waals surface area contributed by atoms with E-state index in [1.165, 1.54) is 12.1 Å². The van der Waals surface area contributed by atoms with E-state index in [1.807, 2.05) is 13.8 Å². The van der Waals surface area contributed by atoms with Crippen LogP contribution in [0.5, 0.6) is 5.75 Å². The summed E-state index contributed by atoms with van der Waals surface area (Å²) in [6.07, 6.45) is 0. The van der Waals surface area contributed by atoms with Crippen molar-refractivity contribution < 1.29 is 19.0 Å². The number of hydrogen-bond acceptors (Lipinski definition) is 5. The normalized spacial score (nSPS) is 18.6. The van der Waals surface area contributed by atoms with Crippen LogP contribution in [0.25, 0.3) is 0 Å². The molecule has 1 saturated heterocycles. The first-order valence-electron chi connectivity index (χ1n) is 9.12. The van der Waals surface area contributed by atoms with Gasteiger partial charge < -0.3 is 14.7 Å². The van der Waals surface area contributed by atoms with Gasteiger partial charge in [0.25, 0.3) is 0 Å². The van der Waals surface area contributed by atoms with Gasteiger partial charge in [0.1, 0.15) is 23.2 Å². The molecular formula is C20H26FN3O3. The molecule has 2 aliphatic rings. The van der Waals surface area contributed by atoms with Crippen LogP contribution in [0.1, 0.15) is 33.3 Å². The maximum atomic E-state index is 13.9. The number of benzene rings is 1. The van der Waals surface area contributed by atoms with Crippen LogP contribution < -0.4 is 4.74 Å². The van der Waals surface area contributed by atoms with E-state index in [0.29, 0.717) is 42.5 Å². The van der Waals surface area contributed by atoms with Gasteiger partial charge in [-0.2, -0.15) is 0 Å². The van der Waals surface area contributed by atoms with Gasteiger partial charge in [0.15, 0.2) is 0 Å². The fourth-order valence-corrected chi connectivity index (χ4v) is 3.29. The molecule has 0 atom stereocenters. The Morgan fingerprint density at radius 1 is 1.26 bits per heavy atom. The number of carboxylic acid groups (broad SMARTS) is 1. The van der Waals surface area contributed by atoms with E-state index in [0.717, 1.165) is 18.8 Å². The van der Waals surface area contributed by atoms with Gasteiger partial charge in [-0.25, -0.2) is 9.38 Å². The molecule has 2 aliphatic heterocycles. The summed E-state index contributed by atoms with van der Waals surface area (Å²) in [7, 11) is 0. The average Bonchev–Trinajstić information content (AvgIpc) is 2.72. The van der Waals surface area contributed by atoms with Crippen LogP contribution in [0.4, 0.5) is 4.39 Å². The molecule has 0 unspecified atom stereocenters. The fraction of sp³-hybridized carbons (Fsp3) is 0.500. The zero-order valence-corrected chi connectivity index (χ0v) is 16.3. The highest BCUT2D eigenvalue weighted by Gasteiger charge is 2.32. The molecule has 1 aromatic rings. The highest BCUT2D eigenvalue weighted by Crippen LogP contribution is 2.29. The van der Waals surface area contributed by atoms with E-state index in [-0.39, 0.29) is 5.82 Å². The number of aliphatic imine (C=N–C) groups is 1. The number of hydrogen-bond donors (Lipinski definition) is 1. The molecule has 0 aliphatic carbocycles. The van der Waals surface area contributed by atoms with Gasteiger partial charge in [-0.3, -0.25) is 9.69 Å². The summed E-state index contributed by atoms with van der Waals surface area (Å²) in [6.45, 7) is 10.5. The monoisotopic (exact) mass is 375 g/mol. The van der Waals surface area contributed by atoms with Crippen LogP contribution in [0, 0.1) is 11.2 Å². The van der Waals surface area contributed by atoms with E-state index < -0.39 is 11.4 Å². The summed E-state index contributed by atoms with van der Waals surface area (Å²) in [5, 5.41) is 9.34. The molecule has 27 heavy (non-hydrogen) atoms. The molecule has 0 amide bonds. The third kappa shape index (κ3) is 4.13. The van der Waals surface area contributed by atoms with E-state index in [1.54, 1.807) is 19.9 Å². The van der Waals surface area contributed by atoms with E-state index >= 15 is 0 Å². The number of carboxylic acids is 1. The predicted octanol–water partition coefficient (Wildman–Crippen LogP) is 2.94. The van der Waals surface area contributed by atoms with Gasteiger partial charge >= 0.3 is 5.97 Å². The van der Waals surface area contributed by atoms with Crippen LogP contribution in [0.3, 0.4) is 0 Å². The molecule has 3 rings (SSSR count). The molecule has 0 saturated carbocycles. The number of amidine groups is 1. The molecule has 1 fully saturated rings. The van der Waals surface area contributed by atoms with Crippen molar-refractivity contribution in [1.29, 1.82) is 0 Å². The molecule has 6 nitrogen and oxygen atoms in total. The lowest BCUT2D eigenvalue weighted by atomic mass is 9.93. The Balaban J connectivity index is 1.80. The predicted molar refractivity (Wildman–Crippen MR) is 101 cm³/mol. The molecular weight excluding hydrogens is 349 g/mol. The minimum atomic E-state index is -0.795. The summed E-state index contributed by atoms with van der Waals surface area (Å²) >= 11 is 0. The zero-order valence-electron chi connectivity index (χ0n) is 16.3. The first-order valence-corrected chi connectivity index (χ1v) is 9.12. The smallest absolute Gasteiger partial charge is 0.310 e. The van der Waals surface area contributed by atoms with E-state index in [2.05, 4.69) is 9.80 Å². The Bertz CT molecular complexity index is 809. The molecule has 2 heterocycles. The Hall–Kier alpha value is -2.41. The minimum Gasteiger partial charge on any atom is -0.481 e. The van der Waals surface area contributed by atoms with Gasteiger partial charge in [-0.05, 0) is 45.9 Å². The van der Waals surface area contributed by atoms with Crippen molar-refractivity contribution >= 4 is 11.8 Å². The third-order valence-electron chi connectivity index (χ3n) is 5.10. The highest BCUT2D eigenvalue weighted by molar-refractivity contribution is 6.02. The van der Waals surface area contributed by atoms with Gasteiger partial charge in [0, 0.05) is 32.7 Å². The molecule has 0 spiro atoms. The first kappa shape index (κ1) is 19.4. The zero-order chi connectivity index (χ0) is 19.8. The second-order valence-electron chi connectivity index (χ2n) is 7.77. The SMILES string of the molecule is CC1=C(C)Oc2ccc(F)cc2C(N2CCN(CC(C)(C)C(=O)O)CC2)=N1. The van der Waals surface area contributed by atoms with Gasteiger partial charge in [-0.15, -0.1) is 0 Å². The number of fused-ring (bicyclic) bond motifs is 1. The lowest BCUT2D eigenvalue weighted by Gasteiger charge is -2.39. The molecule has 1 aromatic carbocycles. The van der Waals surface area contributed by atoms with Gasteiger partial charge in [0.2, 0.25) is 0 Å². The summed E-state index contributed by atoms with van der Waals surface area (Å²) in [5.41, 5.74) is 0.615. The number of halogens is 1. The maximum absolute atomic E-state index is 13.9. The van der Waals surface area contributed by atoms with Crippen molar-refractivity contribution in [2.24, 2.45) is 10.4 Å². The largest absolute Gasteiger partial charge is 0.481 e. The second-order valence-corrected chi connectivity index (χ2v) is 7.77. The molecule has 0 bridgehead atoms. The Morgan fingerprint density at radius 2 is 1.93 bits per heavy atom. The number of carbonyl (C=O) groups is 1. The van der Waals surface area contributed by atoms with Crippen molar-refractivity contribution in [2.45, 2.75) is 27.7 Å². The van der Waals surface area contributed by atoms with E-state index in [4.69, 9.17) is 9.73 Å². The van der Waals surface area contributed by atoms with Crippen LogP contribution >= 0.6 is 0 Å². The van der Waals surface area contributed by atoms with Gasteiger partial charge in [-0.1, -0.05) is 0 Å². The number of rotatable bonds is 3. The first-order chi connectivity index (χ1) is 12.7. The summed E-state index contributed by atoms with van der Waals surface area (Å²) < 4.78 is 19.7. The molecule has 0 aromatic heterocycles. The number of piperazine rings is 1. The minimum absolute atomic E-state index is 0.330. The van der Waals surface area contributed by atoms with Crippen LogP contribution in [0.2, 0.25) is 0 Å². The quantitative estimate of drug-likeness (QED) is 0.880. The molecule has 146 valence electrons. The number of aliphatic carboxylic acids is 1. The topological polar surface area (TPSA) is 65.4 Å². The van der Waals surface area contributed by atoms with Crippen molar-refractivity contribution in [1.82, 2.24) is 9.80 Å². The van der Waals surface area contributed by atoms with Crippen molar-refractivity contribution in [3.8, 4) is 5.75 Å². The standard InChI is InChI=1S/C20H26FN3O3/c1-13-14(2)27-17-6-5-15(21)11-16(17)18(22-13)24-9-7-23(8-10-24)12-20(3,4)19(25)26/h5-6,11H,7-10,12H2,1-4H3,(H,25,26). The van der Waals surface area contributed by atoms with E-state index in [9.17, 15) is 14.3 Å². The summed E-state index contributed by atoms with van der Waals surface area (Å²) in [4.78, 5) is 20.3. The van der Waals surface area contributed by atoms with Crippen LogP contribution in [-0.2, 0) is 4.79 Å². The fourth-order valence-electron chi connectivity index (χ4n) is 3.29. The summed E-state index contributed by atoms with van der Waals surface area (Å²) in [5.74, 6) is 0.870. The van der Waals surface area contributed by atoms with Crippen molar-refractivity contribution in [3.05, 3.63) is 41.0 Å². The van der Waals surface area contributed by atoms with Crippen molar-refractivity contribution in [2.75, 3.05) is 32.7 Å². The maximum Gasteiger partial charge on any atom is 0.310 e. The number of nitrogens with zero attached hydrogens (tertiary/aromatic N) is 3. The highest BCUT2D eigenvalue weighted by atomic mass is 19.1. The molecule has 1 N–H and O–H groups in total. The van der Waals surface area contributed by atoms with Crippen LogP contribution in [-0.4, -0.2) is 59.4 Å². The van der Waals surface area contributed by atoms with Crippen LogP contribution in [0.15, 0.2) is 34.6 Å². The Kier molecular flexibility index (Phi) is 5.24. The summed E-state index contributed by atoms with van der Waals surface area (Å²) in [6, 6.07) is 4.48.